The van der Waals surface area contributed by atoms with Crippen LogP contribution in [0.5, 0.6) is 5.75 Å². The maximum Gasteiger partial charge on any atom is 0.255 e. The van der Waals surface area contributed by atoms with E-state index >= 15 is 0 Å². The molecule has 162 valence electrons. The van der Waals surface area contributed by atoms with E-state index in [4.69, 9.17) is 4.74 Å². The van der Waals surface area contributed by atoms with E-state index in [1.54, 1.807) is 55.6 Å². The molecule has 8 heteroatoms. The van der Waals surface area contributed by atoms with Crippen LogP contribution in [0.1, 0.15) is 32.8 Å². The Bertz CT molecular complexity index is 1180. The van der Waals surface area contributed by atoms with Crippen molar-refractivity contribution in [2.45, 2.75) is 19.3 Å². The summed E-state index contributed by atoms with van der Waals surface area (Å²) >= 11 is 1.50. The lowest BCUT2D eigenvalue weighted by Gasteiger charge is -2.09. The molecule has 0 spiro atoms. The van der Waals surface area contributed by atoms with Crippen molar-refractivity contribution in [1.82, 2.24) is 0 Å². The minimum absolute atomic E-state index is 0.0603. The van der Waals surface area contributed by atoms with Gasteiger partial charge in [0, 0.05) is 21.8 Å². The van der Waals surface area contributed by atoms with Gasteiger partial charge in [0.15, 0.2) is 0 Å². The van der Waals surface area contributed by atoms with Crippen molar-refractivity contribution in [3.05, 3.63) is 70.1 Å². The standard InChI is InChI=1S/C24H22N4O3S/c1-31-18-11-9-17(10-12-18)27-23(30)15-5-7-16(8-6-15)26-14-22(29)28-24-20(13-25)19-3-2-4-21(19)32-24/h5-12,26H,2-4,14H2,1H3,(H,27,30)(H,28,29). The smallest absolute Gasteiger partial charge is 0.255 e. The summed E-state index contributed by atoms with van der Waals surface area (Å²) in [7, 11) is 1.59. The lowest BCUT2D eigenvalue weighted by atomic mass is 10.1. The molecule has 0 unspecified atom stereocenters. The van der Waals surface area contributed by atoms with Gasteiger partial charge in [-0.1, -0.05) is 0 Å². The topological polar surface area (TPSA) is 103 Å². The van der Waals surface area contributed by atoms with E-state index in [2.05, 4.69) is 22.0 Å². The number of benzene rings is 2. The molecule has 1 heterocycles. The van der Waals surface area contributed by atoms with Gasteiger partial charge in [-0.3, -0.25) is 9.59 Å². The fraction of sp³-hybridized carbons (Fsp3) is 0.208. The highest BCUT2D eigenvalue weighted by Gasteiger charge is 2.23. The molecule has 1 aromatic heterocycles. The lowest BCUT2D eigenvalue weighted by molar-refractivity contribution is -0.114. The summed E-state index contributed by atoms with van der Waals surface area (Å²) in [4.78, 5) is 26.0. The normalized spacial score (nSPS) is 11.9. The Kier molecular flexibility index (Phi) is 6.38. The molecule has 2 aromatic carbocycles. The summed E-state index contributed by atoms with van der Waals surface area (Å²) in [6, 6.07) is 16.2. The molecule has 1 aliphatic rings. The van der Waals surface area contributed by atoms with Crippen molar-refractivity contribution >= 4 is 39.5 Å². The van der Waals surface area contributed by atoms with Crippen LogP contribution in [-0.2, 0) is 17.6 Å². The number of hydrogen-bond donors (Lipinski definition) is 3. The van der Waals surface area contributed by atoms with Gasteiger partial charge in [0.2, 0.25) is 5.91 Å². The molecule has 3 aromatic rings. The summed E-state index contributed by atoms with van der Waals surface area (Å²) in [5.41, 5.74) is 3.58. The van der Waals surface area contributed by atoms with E-state index < -0.39 is 0 Å². The molecule has 7 nitrogen and oxygen atoms in total. The first-order valence-corrected chi connectivity index (χ1v) is 11.0. The Balaban J connectivity index is 1.30. The van der Waals surface area contributed by atoms with E-state index in [9.17, 15) is 14.9 Å². The number of aryl methyl sites for hydroxylation is 1. The Morgan fingerprint density at radius 1 is 1.03 bits per heavy atom. The maximum absolute atomic E-state index is 12.4. The first-order valence-electron chi connectivity index (χ1n) is 10.2. The number of nitrogens with one attached hydrogen (secondary N) is 3. The number of carbonyl (C=O) groups is 2. The molecule has 0 fully saturated rings. The summed E-state index contributed by atoms with van der Waals surface area (Å²) < 4.78 is 5.11. The quantitative estimate of drug-likeness (QED) is 0.498. The van der Waals surface area contributed by atoms with E-state index in [0.29, 0.717) is 21.8 Å². The maximum atomic E-state index is 12.4. The van der Waals surface area contributed by atoms with Crippen molar-refractivity contribution in [2.75, 3.05) is 29.6 Å². The van der Waals surface area contributed by atoms with Gasteiger partial charge < -0.3 is 20.7 Å². The first kappa shape index (κ1) is 21.4. The van der Waals surface area contributed by atoms with Crippen molar-refractivity contribution in [1.29, 1.82) is 5.26 Å². The largest absolute Gasteiger partial charge is 0.497 e. The summed E-state index contributed by atoms with van der Waals surface area (Å²) in [6.45, 7) is 0.0603. The number of fused-ring (bicyclic) bond motifs is 1. The molecule has 0 atom stereocenters. The number of anilines is 3. The summed E-state index contributed by atoms with van der Waals surface area (Å²) in [6.07, 6.45) is 2.95. The van der Waals surface area contributed by atoms with Gasteiger partial charge in [-0.05, 0) is 73.4 Å². The number of methoxy groups -OCH3 is 1. The highest BCUT2D eigenvalue weighted by Crippen LogP contribution is 2.38. The van der Waals surface area contributed by atoms with Gasteiger partial charge in [0.25, 0.3) is 5.91 Å². The van der Waals surface area contributed by atoms with Crippen LogP contribution >= 0.6 is 11.3 Å². The number of hydrogen-bond acceptors (Lipinski definition) is 6. The second-order valence-electron chi connectivity index (χ2n) is 7.33. The van der Waals surface area contributed by atoms with Crippen LogP contribution in [0.2, 0.25) is 0 Å². The molecule has 3 N–H and O–H groups in total. The monoisotopic (exact) mass is 446 g/mol. The average molecular weight is 447 g/mol. The molecule has 2 amide bonds. The molecule has 0 saturated heterocycles. The zero-order valence-corrected chi connectivity index (χ0v) is 18.3. The molecule has 4 rings (SSSR count). The van der Waals surface area contributed by atoms with E-state index in [1.807, 2.05) is 0 Å². The molecule has 32 heavy (non-hydrogen) atoms. The second-order valence-corrected chi connectivity index (χ2v) is 8.44. The summed E-state index contributed by atoms with van der Waals surface area (Å²) in [5, 5.41) is 18.8. The van der Waals surface area contributed by atoms with Gasteiger partial charge in [-0.15, -0.1) is 11.3 Å². The van der Waals surface area contributed by atoms with E-state index in [1.165, 1.54) is 16.2 Å². The molecular formula is C24H22N4O3S. The van der Waals surface area contributed by atoms with E-state index in [0.717, 1.165) is 36.3 Å². The molecular weight excluding hydrogens is 424 g/mol. The Morgan fingerprint density at radius 3 is 2.44 bits per heavy atom. The van der Waals surface area contributed by atoms with Crippen LogP contribution in [-0.4, -0.2) is 25.5 Å². The van der Waals surface area contributed by atoms with Crippen molar-refractivity contribution < 1.29 is 14.3 Å². The summed E-state index contributed by atoms with van der Waals surface area (Å²) in [5.74, 6) is 0.270. The van der Waals surface area contributed by atoms with Gasteiger partial charge in [-0.2, -0.15) is 5.26 Å². The number of nitriles is 1. The van der Waals surface area contributed by atoms with Gasteiger partial charge in [-0.25, -0.2) is 0 Å². The van der Waals surface area contributed by atoms with Crippen LogP contribution in [0.3, 0.4) is 0 Å². The average Bonchev–Trinajstić information content (AvgIpc) is 3.39. The zero-order chi connectivity index (χ0) is 22.5. The molecule has 0 saturated carbocycles. The van der Waals surface area contributed by atoms with Crippen LogP contribution in [0.15, 0.2) is 48.5 Å². The molecule has 0 aliphatic heterocycles. The number of carbonyl (C=O) groups excluding carboxylic acids is 2. The second kappa shape index (κ2) is 9.54. The molecule has 0 radical (unpaired) electrons. The number of amides is 2. The Morgan fingerprint density at radius 2 is 1.75 bits per heavy atom. The first-order chi connectivity index (χ1) is 15.6. The lowest BCUT2D eigenvalue weighted by Crippen LogP contribution is -2.21. The van der Waals surface area contributed by atoms with Crippen LogP contribution in [0.25, 0.3) is 0 Å². The third-order valence-electron chi connectivity index (χ3n) is 5.23. The van der Waals surface area contributed by atoms with Crippen LogP contribution in [0.4, 0.5) is 16.4 Å². The highest BCUT2D eigenvalue weighted by molar-refractivity contribution is 7.16. The van der Waals surface area contributed by atoms with Crippen molar-refractivity contribution in [3.8, 4) is 11.8 Å². The predicted octanol–water partition coefficient (Wildman–Crippen LogP) is 4.42. The number of nitrogens with zero attached hydrogens (tertiary/aromatic N) is 1. The fourth-order valence-corrected chi connectivity index (χ4v) is 4.84. The van der Waals surface area contributed by atoms with Gasteiger partial charge in [0.05, 0.1) is 19.2 Å². The van der Waals surface area contributed by atoms with Crippen molar-refractivity contribution in [3.63, 3.8) is 0 Å². The Labute approximate surface area is 190 Å². The third-order valence-corrected chi connectivity index (χ3v) is 6.44. The molecule has 1 aliphatic carbocycles. The van der Waals surface area contributed by atoms with Crippen LogP contribution in [0, 0.1) is 11.3 Å². The number of ether oxygens (including phenoxy) is 1. The molecule has 0 bridgehead atoms. The van der Waals surface area contributed by atoms with Crippen LogP contribution < -0.4 is 20.7 Å². The zero-order valence-electron chi connectivity index (χ0n) is 17.5. The fourth-order valence-electron chi connectivity index (χ4n) is 3.58. The predicted molar refractivity (Wildman–Crippen MR) is 126 cm³/mol. The van der Waals surface area contributed by atoms with Gasteiger partial charge >= 0.3 is 0 Å². The highest BCUT2D eigenvalue weighted by atomic mass is 32.1. The van der Waals surface area contributed by atoms with E-state index in [-0.39, 0.29) is 18.4 Å². The third kappa shape index (κ3) is 4.74. The minimum Gasteiger partial charge on any atom is -0.497 e. The SMILES string of the molecule is COc1ccc(NC(=O)c2ccc(NCC(=O)Nc3sc4c(c3C#N)CCC4)cc2)cc1. The van der Waals surface area contributed by atoms with Gasteiger partial charge in [0.1, 0.15) is 16.8 Å². The number of rotatable bonds is 7. The minimum atomic E-state index is -0.228. The number of thiophene rings is 1. The Hall–Kier alpha value is -3.83. The van der Waals surface area contributed by atoms with Crippen molar-refractivity contribution in [2.24, 2.45) is 0 Å².